The van der Waals surface area contributed by atoms with Crippen molar-refractivity contribution in [3.8, 4) is 10.4 Å². The van der Waals surface area contributed by atoms with Crippen molar-refractivity contribution in [1.82, 2.24) is 0 Å². The number of ether oxygens (including phenoxy) is 1. The molecule has 31 heavy (non-hydrogen) atoms. The van der Waals surface area contributed by atoms with Crippen molar-refractivity contribution in [3.05, 3.63) is 71.1 Å². The number of nitrogens with one attached hydrogen (secondary N) is 2. The van der Waals surface area contributed by atoms with Crippen molar-refractivity contribution in [1.29, 1.82) is 0 Å². The first kappa shape index (κ1) is 22.5. The molecule has 0 spiro atoms. The van der Waals surface area contributed by atoms with Crippen LogP contribution in [-0.2, 0) is 4.74 Å². The van der Waals surface area contributed by atoms with E-state index in [2.05, 4.69) is 10.6 Å². The maximum absolute atomic E-state index is 12.8. The third kappa shape index (κ3) is 6.16. The van der Waals surface area contributed by atoms with Crippen molar-refractivity contribution in [2.24, 2.45) is 0 Å². The lowest BCUT2D eigenvalue weighted by molar-refractivity contribution is 0.0635. The fourth-order valence-electron chi connectivity index (χ4n) is 2.87. The Morgan fingerprint density at radius 2 is 1.71 bits per heavy atom. The van der Waals surface area contributed by atoms with Crippen LogP contribution < -0.4 is 10.6 Å². The quantitative estimate of drug-likeness (QED) is 0.451. The van der Waals surface area contributed by atoms with Gasteiger partial charge in [-0.3, -0.25) is 10.1 Å². The van der Waals surface area contributed by atoms with E-state index in [4.69, 9.17) is 4.74 Å². The van der Waals surface area contributed by atoms with E-state index in [9.17, 15) is 14.7 Å². The van der Waals surface area contributed by atoms with Crippen molar-refractivity contribution in [2.75, 3.05) is 10.6 Å². The zero-order valence-corrected chi connectivity index (χ0v) is 18.7. The van der Waals surface area contributed by atoms with E-state index in [-0.39, 0.29) is 5.91 Å². The van der Waals surface area contributed by atoms with Gasteiger partial charge in [-0.05, 0) is 74.5 Å². The van der Waals surface area contributed by atoms with Gasteiger partial charge >= 0.3 is 6.09 Å². The van der Waals surface area contributed by atoms with Crippen LogP contribution in [-0.4, -0.2) is 22.7 Å². The van der Waals surface area contributed by atoms with E-state index >= 15 is 0 Å². The van der Waals surface area contributed by atoms with Crippen LogP contribution in [0.2, 0.25) is 0 Å². The Balaban J connectivity index is 1.88. The monoisotopic (exact) mass is 438 g/mol. The third-order valence-electron chi connectivity index (χ3n) is 4.36. The number of benzene rings is 2. The van der Waals surface area contributed by atoms with Gasteiger partial charge in [0.1, 0.15) is 5.60 Å². The molecule has 0 saturated heterocycles. The molecule has 2 aromatic carbocycles. The highest BCUT2D eigenvalue weighted by molar-refractivity contribution is 7.13. The number of thiophene rings is 1. The highest BCUT2D eigenvalue weighted by Gasteiger charge is 2.19. The highest BCUT2D eigenvalue weighted by atomic mass is 32.1. The number of hydrogen-bond acceptors (Lipinski definition) is 5. The summed E-state index contributed by atoms with van der Waals surface area (Å²) in [5, 5.41) is 17.2. The van der Waals surface area contributed by atoms with E-state index in [1.54, 1.807) is 69.4 Å². The summed E-state index contributed by atoms with van der Waals surface area (Å²) in [6.07, 6.45) is -1.21. The first-order valence-corrected chi connectivity index (χ1v) is 10.8. The molecule has 1 heterocycles. The van der Waals surface area contributed by atoms with Gasteiger partial charge in [0.2, 0.25) is 0 Å². The summed E-state index contributed by atoms with van der Waals surface area (Å²) in [4.78, 5) is 26.2. The van der Waals surface area contributed by atoms with Gasteiger partial charge in [0, 0.05) is 10.4 Å². The molecule has 0 bridgehead atoms. The summed E-state index contributed by atoms with van der Waals surface area (Å²) < 4.78 is 5.34. The molecule has 1 unspecified atom stereocenters. The van der Waals surface area contributed by atoms with Crippen molar-refractivity contribution in [3.63, 3.8) is 0 Å². The number of aliphatic hydroxyl groups is 1. The lowest BCUT2D eigenvalue weighted by atomic mass is 10.1. The average molecular weight is 439 g/mol. The number of carbonyl (C=O) groups is 2. The van der Waals surface area contributed by atoms with Crippen LogP contribution in [0.4, 0.5) is 16.2 Å². The molecular formula is C24H26N2O4S. The zero-order valence-electron chi connectivity index (χ0n) is 17.9. The van der Waals surface area contributed by atoms with Gasteiger partial charge in [0.05, 0.1) is 17.5 Å². The van der Waals surface area contributed by atoms with E-state index in [0.717, 1.165) is 16.0 Å². The number of rotatable bonds is 5. The largest absolute Gasteiger partial charge is 0.444 e. The fraction of sp³-hybridized carbons (Fsp3) is 0.250. The molecule has 0 aliphatic heterocycles. The molecule has 7 heteroatoms. The van der Waals surface area contributed by atoms with Crippen LogP contribution in [0.3, 0.4) is 0 Å². The van der Waals surface area contributed by atoms with Gasteiger partial charge in [-0.1, -0.05) is 24.3 Å². The number of aliphatic hydroxyl groups excluding tert-OH is 1. The molecule has 3 rings (SSSR count). The Morgan fingerprint density at radius 3 is 2.29 bits per heavy atom. The average Bonchev–Trinajstić information content (AvgIpc) is 3.22. The maximum atomic E-state index is 12.8. The van der Waals surface area contributed by atoms with Gasteiger partial charge < -0.3 is 15.2 Å². The molecule has 1 aromatic heterocycles. The lowest BCUT2D eigenvalue weighted by Crippen LogP contribution is -2.27. The highest BCUT2D eigenvalue weighted by Crippen LogP contribution is 2.32. The molecule has 3 aromatic rings. The van der Waals surface area contributed by atoms with Crippen LogP contribution in [0.1, 0.15) is 49.7 Å². The van der Waals surface area contributed by atoms with Crippen LogP contribution >= 0.6 is 11.3 Å². The zero-order chi connectivity index (χ0) is 22.6. The second-order valence-corrected chi connectivity index (χ2v) is 9.06. The molecule has 0 saturated carbocycles. The molecular weight excluding hydrogens is 412 g/mol. The molecule has 0 aliphatic carbocycles. The van der Waals surface area contributed by atoms with E-state index in [1.165, 1.54) is 0 Å². The Kier molecular flexibility index (Phi) is 6.77. The minimum Gasteiger partial charge on any atom is -0.444 e. The van der Waals surface area contributed by atoms with Crippen molar-refractivity contribution < 1.29 is 19.4 Å². The van der Waals surface area contributed by atoms with Gasteiger partial charge in [-0.2, -0.15) is 0 Å². The standard InChI is InChI=1S/C24H26N2O4S/c1-15(27)16-7-9-17(10-8-16)22(28)25-20-14-18(21-6-5-13-31-21)11-12-19(20)26-23(29)30-24(2,3)4/h5-15,27H,1-4H3,(H,25,28)(H,26,29). The predicted molar refractivity (Wildman–Crippen MR) is 125 cm³/mol. The second-order valence-electron chi connectivity index (χ2n) is 8.12. The first-order valence-electron chi connectivity index (χ1n) is 9.90. The molecule has 0 radical (unpaired) electrons. The predicted octanol–water partition coefficient (Wildman–Crippen LogP) is 6.07. The summed E-state index contributed by atoms with van der Waals surface area (Å²) in [5.74, 6) is -0.326. The van der Waals surface area contributed by atoms with Crippen LogP contribution in [0, 0.1) is 0 Å². The Hall–Kier alpha value is -3.16. The Morgan fingerprint density at radius 1 is 1.00 bits per heavy atom. The summed E-state index contributed by atoms with van der Waals surface area (Å²) in [5.41, 5.74) is 2.34. The number of carbonyl (C=O) groups excluding carboxylic acids is 2. The smallest absolute Gasteiger partial charge is 0.412 e. The molecule has 3 N–H and O–H groups in total. The minimum absolute atomic E-state index is 0.326. The third-order valence-corrected chi connectivity index (χ3v) is 5.28. The molecule has 1 atom stereocenters. The fourth-order valence-corrected chi connectivity index (χ4v) is 3.60. The summed E-state index contributed by atoms with van der Waals surface area (Å²) in [6.45, 7) is 7.02. The number of amides is 2. The summed E-state index contributed by atoms with van der Waals surface area (Å²) >= 11 is 1.58. The maximum Gasteiger partial charge on any atom is 0.412 e. The van der Waals surface area contributed by atoms with Gasteiger partial charge in [-0.25, -0.2) is 4.79 Å². The van der Waals surface area contributed by atoms with E-state index in [1.807, 2.05) is 29.6 Å². The molecule has 162 valence electrons. The van der Waals surface area contributed by atoms with E-state index in [0.29, 0.717) is 16.9 Å². The topological polar surface area (TPSA) is 87.7 Å². The minimum atomic E-state index is -0.643. The van der Waals surface area contributed by atoms with E-state index < -0.39 is 17.8 Å². The van der Waals surface area contributed by atoms with Crippen LogP contribution in [0.25, 0.3) is 10.4 Å². The number of anilines is 2. The molecule has 6 nitrogen and oxygen atoms in total. The summed E-state index contributed by atoms with van der Waals surface area (Å²) in [7, 11) is 0. The SMILES string of the molecule is CC(O)c1ccc(C(=O)Nc2cc(-c3cccs3)ccc2NC(=O)OC(C)(C)C)cc1. The summed E-state index contributed by atoms with van der Waals surface area (Å²) in [6, 6.07) is 16.1. The normalized spacial score (nSPS) is 12.2. The Bertz CT molecular complexity index is 1050. The van der Waals surface area contributed by atoms with Gasteiger partial charge in [0.25, 0.3) is 5.91 Å². The molecule has 0 fully saturated rings. The van der Waals surface area contributed by atoms with Crippen LogP contribution in [0.5, 0.6) is 0 Å². The van der Waals surface area contributed by atoms with Gasteiger partial charge in [0.15, 0.2) is 0 Å². The first-order chi connectivity index (χ1) is 14.6. The second kappa shape index (κ2) is 9.32. The molecule has 2 amide bonds. The van der Waals surface area contributed by atoms with Crippen molar-refractivity contribution in [2.45, 2.75) is 39.4 Å². The molecule has 0 aliphatic rings. The van der Waals surface area contributed by atoms with Crippen molar-refractivity contribution >= 4 is 34.7 Å². The lowest BCUT2D eigenvalue weighted by Gasteiger charge is -2.21. The van der Waals surface area contributed by atoms with Gasteiger partial charge in [-0.15, -0.1) is 11.3 Å². The Labute approximate surface area is 185 Å². The number of hydrogen-bond donors (Lipinski definition) is 3. The van der Waals surface area contributed by atoms with Crippen LogP contribution in [0.15, 0.2) is 60.0 Å².